The molecule has 7 heteroatoms. The molecule has 0 radical (unpaired) electrons. The lowest BCUT2D eigenvalue weighted by Crippen LogP contribution is -2.29. The van der Waals surface area contributed by atoms with Crippen LogP contribution in [0.4, 0.5) is 10.1 Å². The Morgan fingerprint density at radius 2 is 2.23 bits per heavy atom. The zero-order chi connectivity index (χ0) is 15.8. The number of rotatable bonds is 7. The van der Waals surface area contributed by atoms with E-state index in [9.17, 15) is 4.39 Å². The standard InChI is InChI=1S/C15H19FN4OS/c1-21-8-4-7-17-15(22)19-13-9-18-20(11-13)10-12-5-2-3-6-14(12)16/h2-3,5-6,9,11H,4,7-8,10H2,1H3,(H2,17,19,22). The molecule has 2 rings (SSSR count). The van der Waals surface area contributed by atoms with Crippen LogP contribution in [0.2, 0.25) is 0 Å². The van der Waals surface area contributed by atoms with Crippen LogP contribution >= 0.6 is 12.2 Å². The van der Waals surface area contributed by atoms with E-state index in [1.54, 1.807) is 42.4 Å². The predicted octanol–water partition coefficient (Wildman–Crippen LogP) is 2.39. The maximum atomic E-state index is 13.6. The molecule has 0 spiro atoms. The SMILES string of the molecule is COCCCNC(=S)Nc1cnn(Cc2ccccc2F)c1. The highest BCUT2D eigenvalue weighted by molar-refractivity contribution is 7.80. The first kappa shape index (κ1) is 16.4. The second-order valence-electron chi connectivity index (χ2n) is 4.75. The number of nitrogens with zero attached hydrogens (tertiary/aromatic N) is 2. The van der Waals surface area contributed by atoms with E-state index in [0.717, 1.165) is 18.7 Å². The fraction of sp³-hybridized carbons (Fsp3) is 0.333. The minimum atomic E-state index is -0.233. The van der Waals surface area contributed by atoms with E-state index in [2.05, 4.69) is 15.7 Å². The van der Waals surface area contributed by atoms with Crippen LogP contribution in [0.5, 0.6) is 0 Å². The van der Waals surface area contributed by atoms with Gasteiger partial charge in [-0.3, -0.25) is 4.68 Å². The molecule has 0 unspecified atom stereocenters. The average molecular weight is 322 g/mol. The molecule has 5 nitrogen and oxygen atoms in total. The number of anilines is 1. The van der Waals surface area contributed by atoms with E-state index in [1.165, 1.54) is 6.07 Å². The first-order chi connectivity index (χ1) is 10.7. The summed E-state index contributed by atoms with van der Waals surface area (Å²) < 4.78 is 20.2. The van der Waals surface area contributed by atoms with Crippen LogP contribution in [0.1, 0.15) is 12.0 Å². The summed E-state index contributed by atoms with van der Waals surface area (Å²) in [5, 5.41) is 10.8. The average Bonchev–Trinajstić information content (AvgIpc) is 2.93. The lowest BCUT2D eigenvalue weighted by molar-refractivity contribution is 0.196. The molecule has 2 N–H and O–H groups in total. The predicted molar refractivity (Wildman–Crippen MR) is 88.4 cm³/mol. The molecule has 118 valence electrons. The van der Waals surface area contributed by atoms with Gasteiger partial charge in [0.05, 0.1) is 18.4 Å². The van der Waals surface area contributed by atoms with Crippen LogP contribution in [-0.2, 0) is 11.3 Å². The Kier molecular flexibility index (Phi) is 6.29. The summed E-state index contributed by atoms with van der Waals surface area (Å²) in [5.41, 5.74) is 1.36. The molecule has 1 aromatic heterocycles. The van der Waals surface area contributed by atoms with Gasteiger partial charge in [0.15, 0.2) is 5.11 Å². The Balaban J connectivity index is 1.84. The van der Waals surface area contributed by atoms with Crippen molar-refractivity contribution in [2.45, 2.75) is 13.0 Å². The Bertz CT molecular complexity index is 617. The second kappa shape index (κ2) is 8.45. The van der Waals surface area contributed by atoms with E-state index in [0.29, 0.717) is 23.8 Å². The summed E-state index contributed by atoms with van der Waals surface area (Å²) in [6.07, 6.45) is 4.32. The van der Waals surface area contributed by atoms with Crippen LogP contribution < -0.4 is 10.6 Å². The smallest absolute Gasteiger partial charge is 0.170 e. The zero-order valence-electron chi connectivity index (χ0n) is 12.4. The highest BCUT2D eigenvalue weighted by Crippen LogP contribution is 2.10. The Morgan fingerprint density at radius 1 is 1.41 bits per heavy atom. The van der Waals surface area contributed by atoms with Crippen molar-refractivity contribution in [2.75, 3.05) is 25.6 Å². The molecule has 0 aliphatic rings. The van der Waals surface area contributed by atoms with Gasteiger partial charge in [-0.1, -0.05) is 18.2 Å². The molecule has 1 aromatic carbocycles. The lowest BCUT2D eigenvalue weighted by Gasteiger charge is -2.08. The highest BCUT2D eigenvalue weighted by atomic mass is 32.1. The van der Waals surface area contributed by atoms with Crippen molar-refractivity contribution in [3.05, 3.63) is 48.0 Å². The van der Waals surface area contributed by atoms with Crippen molar-refractivity contribution < 1.29 is 9.13 Å². The second-order valence-corrected chi connectivity index (χ2v) is 5.15. The summed E-state index contributed by atoms with van der Waals surface area (Å²) >= 11 is 5.19. The number of thiocarbonyl (C=S) groups is 1. The van der Waals surface area contributed by atoms with Gasteiger partial charge < -0.3 is 15.4 Å². The molecule has 0 bridgehead atoms. The number of halogens is 1. The summed E-state index contributed by atoms with van der Waals surface area (Å²) in [6, 6.07) is 6.66. The Labute approximate surface area is 134 Å². The third kappa shape index (κ3) is 5.09. The Hall–Kier alpha value is -1.99. The van der Waals surface area contributed by atoms with E-state index in [4.69, 9.17) is 17.0 Å². The first-order valence-corrected chi connectivity index (χ1v) is 7.39. The Morgan fingerprint density at radius 3 is 3.00 bits per heavy atom. The number of methoxy groups -OCH3 is 1. The molecule has 0 saturated carbocycles. The summed E-state index contributed by atoms with van der Waals surface area (Å²) in [6.45, 7) is 1.81. The monoisotopic (exact) mass is 322 g/mol. The van der Waals surface area contributed by atoms with Gasteiger partial charge in [-0.05, 0) is 24.7 Å². The molecule has 2 aromatic rings. The molecule has 0 aliphatic heterocycles. The van der Waals surface area contributed by atoms with E-state index in [-0.39, 0.29) is 5.82 Å². The lowest BCUT2D eigenvalue weighted by atomic mass is 10.2. The number of hydrogen-bond acceptors (Lipinski definition) is 3. The van der Waals surface area contributed by atoms with Gasteiger partial charge in [0.1, 0.15) is 5.82 Å². The van der Waals surface area contributed by atoms with Crippen LogP contribution in [0.25, 0.3) is 0 Å². The topological polar surface area (TPSA) is 51.1 Å². The number of benzene rings is 1. The molecule has 0 saturated heterocycles. The molecule has 0 fully saturated rings. The van der Waals surface area contributed by atoms with Crippen molar-refractivity contribution >= 4 is 23.0 Å². The zero-order valence-corrected chi connectivity index (χ0v) is 13.2. The number of nitrogens with one attached hydrogen (secondary N) is 2. The van der Waals surface area contributed by atoms with E-state index >= 15 is 0 Å². The quantitative estimate of drug-likeness (QED) is 0.605. The van der Waals surface area contributed by atoms with Gasteiger partial charge >= 0.3 is 0 Å². The first-order valence-electron chi connectivity index (χ1n) is 6.98. The highest BCUT2D eigenvalue weighted by Gasteiger charge is 2.04. The van der Waals surface area contributed by atoms with Crippen molar-refractivity contribution in [3.8, 4) is 0 Å². The fourth-order valence-corrected chi connectivity index (χ4v) is 2.13. The fourth-order valence-electron chi connectivity index (χ4n) is 1.91. The molecule has 0 aliphatic carbocycles. The van der Waals surface area contributed by atoms with Crippen molar-refractivity contribution in [2.24, 2.45) is 0 Å². The third-order valence-corrected chi connectivity index (χ3v) is 3.24. The largest absolute Gasteiger partial charge is 0.385 e. The van der Waals surface area contributed by atoms with Gasteiger partial charge in [0.2, 0.25) is 0 Å². The number of aromatic nitrogens is 2. The minimum absolute atomic E-state index is 0.233. The maximum absolute atomic E-state index is 13.6. The van der Waals surface area contributed by atoms with Crippen LogP contribution in [0.3, 0.4) is 0 Å². The van der Waals surface area contributed by atoms with Gasteiger partial charge in [-0.15, -0.1) is 0 Å². The van der Waals surface area contributed by atoms with Gasteiger partial charge in [-0.2, -0.15) is 5.10 Å². The van der Waals surface area contributed by atoms with E-state index < -0.39 is 0 Å². The van der Waals surface area contributed by atoms with Gasteiger partial charge in [0.25, 0.3) is 0 Å². The molecule has 0 amide bonds. The number of hydrogen-bond donors (Lipinski definition) is 2. The molecular weight excluding hydrogens is 303 g/mol. The van der Waals surface area contributed by atoms with Crippen molar-refractivity contribution in [1.29, 1.82) is 0 Å². The summed E-state index contributed by atoms with van der Waals surface area (Å²) in [7, 11) is 1.67. The van der Waals surface area contributed by atoms with E-state index in [1.807, 2.05) is 0 Å². The molecule has 22 heavy (non-hydrogen) atoms. The van der Waals surface area contributed by atoms with Crippen LogP contribution in [0, 0.1) is 5.82 Å². The van der Waals surface area contributed by atoms with Crippen molar-refractivity contribution in [1.82, 2.24) is 15.1 Å². The molecule has 1 heterocycles. The minimum Gasteiger partial charge on any atom is -0.385 e. The number of ether oxygens (including phenoxy) is 1. The van der Waals surface area contributed by atoms with Crippen LogP contribution in [0.15, 0.2) is 36.7 Å². The summed E-state index contributed by atoms with van der Waals surface area (Å²) in [4.78, 5) is 0. The maximum Gasteiger partial charge on any atom is 0.170 e. The molecular formula is C15H19FN4OS. The van der Waals surface area contributed by atoms with Gasteiger partial charge in [-0.25, -0.2) is 4.39 Å². The summed E-state index contributed by atoms with van der Waals surface area (Å²) in [5.74, 6) is -0.233. The van der Waals surface area contributed by atoms with Crippen LogP contribution in [-0.4, -0.2) is 35.2 Å². The third-order valence-electron chi connectivity index (χ3n) is 2.99. The molecule has 0 atom stereocenters. The normalized spacial score (nSPS) is 10.5. The van der Waals surface area contributed by atoms with Gasteiger partial charge in [0, 0.05) is 32.0 Å². The van der Waals surface area contributed by atoms with Crippen molar-refractivity contribution in [3.63, 3.8) is 0 Å².